The Morgan fingerprint density at radius 3 is 2.71 bits per heavy atom. The lowest BCUT2D eigenvalue weighted by Crippen LogP contribution is -2.38. The fraction of sp³-hybridized carbons (Fsp3) is 0.147. The summed E-state index contributed by atoms with van der Waals surface area (Å²) >= 11 is 1.35. The molecule has 3 aromatic carbocycles. The topological polar surface area (TPSA) is 94.0 Å². The number of ether oxygens (including phenoxy) is 1. The number of aromatic nitrogens is 1. The van der Waals surface area contributed by atoms with E-state index in [1.54, 1.807) is 36.0 Å². The van der Waals surface area contributed by atoms with Crippen LogP contribution in [0.3, 0.4) is 0 Å². The Bertz CT molecular complexity index is 2110. The first-order valence-electron chi connectivity index (χ1n) is 13.6. The van der Waals surface area contributed by atoms with Crippen molar-refractivity contribution >= 4 is 29.1 Å². The highest BCUT2D eigenvalue weighted by molar-refractivity contribution is 7.07. The van der Waals surface area contributed by atoms with Gasteiger partial charge < -0.3 is 14.3 Å². The average Bonchev–Trinajstić information content (AvgIpc) is 3.59. The molecule has 2 aromatic heterocycles. The fourth-order valence-electron chi connectivity index (χ4n) is 5.91. The predicted molar refractivity (Wildman–Crippen MR) is 162 cm³/mol. The van der Waals surface area contributed by atoms with E-state index in [1.807, 2.05) is 49.4 Å². The number of carbonyl (C=O) groups is 1. The van der Waals surface area contributed by atoms with Crippen molar-refractivity contribution in [2.24, 2.45) is 4.99 Å². The van der Waals surface area contributed by atoms with Crippen LogP contribution in [-0.4, -0.2) is 22.8 Å². The SMILES string of the molecule is COc1cccc([C@@H]2C3=C(N=c4s/c(=C/c5ccc(-c6ccc(C(=O)O)cc6C)o5)c(=O)n42)c2ccccc2CC3)c1. The van der Waals surface area contributed by atoms with Gasteiger partial charge in [0.2, 0.25) is 0 Å². The molecule has 7 rings (SSSR count). The third-order valence-corrected chi connectivity index (χ3v) is 8.90. The van der Waals surface area contributed by atoms with E-state index >= 15 is 0 Å². The second kappa shape index (κ2) is 10.2. The molecule has 5 aromatic rings. The molecule has 0 spiro atoms. The third kappa shape index (κ3) is 4.31. The lowest BCUT2D eigenvalue weighted by molar-refractivity contribution is 0.0696. The van der Waals surface area contributed by atoms with Crippen LogP contribution in [0.4, 0.5) is 0 Å². The standard InChI is InChI=1S/C34H26N2O5S/c1-19-16-22(33(38)39)11-13-25(19)28-15-12-24(41-28)18-29-32(37)36-31(21-7-5-8-23(17-21)40-2)27-14-10-20-6-3-4-9-26(20)30(27)35-34(36)42-29/h3-9,11-13,15-18,31H,10,14H2,1-2H3,(H,38,39)/b29-18+/t31-/m1/s1. The minimum atomic E-state index is -0.974. The summed E-state index contributed by atoms with van der Waals surface area (Å²) in [5.74, 6) is 0.895. The number of benzene rings is 3. The number of methoxy groups -OCH3 is 1. The molecule has 0 bridgehead atoms. The summed E-state index contributed by atoms with van der Waals surface area (Å²) in [6, 6.07) is 24.5. The van der Waals surface area contributed by atoms with Crippen molar-refractivity contribution < 1.29 is 19.1 Å². The number of carboxylic acids is 1. The highest BCUT2D eigenvalue weighted by atomic mass is 32.1. The molecule has 7 nitrogen and oxygen atoms in total. The van der Waals surface area contributed by atoms with E-state index in [0.717, 1.165) is 52.1 Å². The summed E-state index contributed by atoms with van der Waals surface area (Å²) in [6.07, 6.45) is 3.45. The number of aryl methyl sites for hydroxylation is 2. The molecule has 0 saturated carbocycles. The molecule has 1 aliphatic heterocycles. The first-order valence-corrected chi connectivity index (χ1v) is 14.4. The van der Waals surface area contributed by atoms with E-state index < -0.39 is 5.97 Å². The summed E-state index contributed by atoms with van der Waals surface area (Å²) in [7, 11) is 1.64. The number of allylic oxidation sites excluding steroid dienone is 1. The monoisotopic (exact) mass is 574 g/mol. The summed E-state index contributed by atoms with van der Waals surface area (Å²) < 4.78 is 14.0. The Hall–Kier alpha value is -4.95. The van der Waals surface area contributed by atoms with Gasteiger partial charge in [-0.15, -0.1) is 0 Å². The number of rotatable bonds is 5. The van der Waals surface area contributed by atoms with Gasteiger partial charge in [-0.1, -0.05) is 53.8 Å². The molecule has 0 fully saturated rings. The molecule has 1 atom stereocenters. The Labute approximate surface area is 245 Å². The zero-order chi connectivity index (χ0) is 29.0. The maximum Gasteiger partial charge on any atom is 0.335 e. The molecule has 1 aliphatic carbocycles. The van der Waals surface area contributed by atoms with Gasteiger partial charge in [-0.3, -0.25) is 9.36 Å². The first-order chi connectivity index (χ1) is 20.4. The number of hydrogen-bond donors (Lipinski definition) is 1. The highest BCUT2D eigenvalue weighted by Gasteiger charge is 2.32. The van der Waals surface area contributed by atoms with Crippen molar-refractivity contribution in [3.8, 4) is 17.1 Å². The number of carboxylic acid groups (broad SMARTS) is 1. The number of hydrogen-bond acceptors (Lipinski definition) is 6. The van der Waals surface area contributed by atoms with Gasteiger partial charge in [0.1, 0.15) is 17.3 Å². The van der Waals surface area contributed by atoms with Gasteiger partial charge in [0.15, 0.2) is 4.80 Å². The molecule has 42 heavy (non-hydrogen) atoms. The molecule has 0 amide bonds. The van der Waals surface area contributed by atoms with Crippen LogP contribution in [0.5, 0.6) is 5.75 Å². The van der Waals surface area contributed by atoms with Crippen LogP contribution < -0.4 is 19.6 Å². The largest absolute Gasteiger partial charge is 0.497 e. The highest BCUT2D eigenvalue weighted by Crippen LogP contribution is 2.41. The summed E-state index contributed by atoms with van der Waals surface area (Å²) in [6.45, 7) is 1.85. The van der Waals surface area contributed by atoms with Gasteiger partial charge in [-0.2, -0.15) is 0 Å². The molecule has 0 unspecified atom stereocenters. The van der Waals surface area contributed by atoms with Crippen molar-refractivity contribution in [2.45, 2.75) is 25.8 Å². The van der Waals surface area contributed by atoms with Crippen LogP contribution in [0.25, 0.3) is 23.1 Å². The Morgan fingerprint density at radius 2 is 1.90 bits per heavy atom. The van der Waals surface area contributed by atoms with Gasteiger partial charge in [-0.25, -0.2) is 9.79 Å². The van der Waals surface area contributed by atoms with E-state index in [-0.39, 0.29) is 17.2 Å². The fourth-order valence-corrected chi connectivity index (χ4v) is 6.89. The normalized spacial score (nSPS) is 16.0. The number of thiazole rings is 1. The summed E-state index contributed by atoms with van der Waals surface area (Å²) in [5, 5.41) is 9.29. The van der Waals surface area contributed by atoms with Crippen molar-refractivity contribution in [3.63, 3.8) is 0 Å². The van der Waals surface area contributed by atoms with Gasteiger partial charge in [-0.05, 0) is 78.4 Å². The predicted octanol–water partition coefficient (Wildman–Crippen LogP) is 5.59. The van der Waals surface area contributed by atoms with Crippen molar-refractivity contribution in [2.75, 3.05) is 7.11 Å². The first kappa shape index (κ1) is 26.0. The number of aromatic carboxylic acids is 1. The van der Waals surface area contributed by atoms with Crippen LogP contribution in [0.15, 0.2) is 98.6 Å². The Morgan fingerprint density at radius 1 is 1.05 bits per heavy atom. The van der Waals surface area contributed by atoms with E-state index in [4.69, 9.17) is 14.1 Å². The number of furan rings is 1. The smallest absolute Gasteiger partial charge is 0.335 e. The number of nitrogens with zero attached hydrogens (tertiary/aromatic N) is 2. The maximum absolute atomic E-state index is 14.0. The molecule has 1 N–H and O–H groups in total. The molecular formula is C34H26N2O5S. The molecule has 0 saturated heterocycles. The van der Waals surface area contributed by atoms with E-state index in [2.05, 4.69) is 18.2 Å². The second-order valence-electron chi connectivity index (χ2n) is 10.4. The lowest BCUT2D eigenvalue weighted by Gasteiger charge is -2.31. The summed E-state index contributed by atoms with van der Waals surface area (Å²) in [4.78, 5) is 31.1. The average molecular weight is 575 g/mol. The molecule has 2 aliphatic rings. The van der Waals surface area contributed by atoms with Crippen LogP contribution in [0.2, 0.25) is 0 Å². The van der Waals surface area contributed by atoms with Crippen molar-refractivity contribution in [1.29, 1.82) is 0 Å². The molecule has 208 valence electrons. The Balaban J connectivity index is 1.37. The second-order valence-corrected chi connectivity index (χ2v) is 11.4. The van der Waals surface area contributed by atoms with Crippen molar-refractivity contribution in [3.05, 3.63) is 138 Å². The third-order valence-electron chi connectivity index (χ3n) is 7.92. The van der Waals surface area contributed by atoms with E-state index in [1.165, 1.54) is 16.9 Å². The molecule has 3 heterocycles. The van der Waals surface area contributed by atoms with Gasteiger partial charge in [0.25, 0.3) is 5.56 Å². The molecule has 0 radical (unpaired) electrons. The lowest BCUT2D eigenvalue weighted by atomic mass is 9.83. The van der Waals surface area contributed by atoms with Gasteiger partial charge in [0, 0.05) is 17.2 Å². The van der Waals surface area contributed by atoms with Crippen LogP contribution in [-0.2, 0) is 6.42 Å². The maximum atomic E-state index is 14.0. The van der Waals surface area contributed by atoms with Crippen molar-refractivity contribution in [1.82, 2.24) is 4.57 Å². The van der Waals surface area contributed by atoms with E-state index in [0.29, 0.717) is 20.9 Å². The summed E-state index contributed by atoms with van der Waals surface area (Å²) in [5.41, 5.74) is 7.10. The molecular weight excluding hydrogens is 548 g/mol. The van der Waals surface area contributed by atoms with Crippen LogP contribution in [0, 0.1) is 6.92 Å². The van der Waals surface area contributed by atoms with E-state index in [9.17, 15) is 14.7 Å². The minimum absolute atomic E-state index is 0.128. The van der Waals surface area contributed by atoms with Crippen LogP contribution in [0.1, 0.15) is 50.8 Å². The Kier molecular flexibility index (Phi) is 6.28. The zero-order valence-electron chi connectivity index (χ0n) is 23.0. The molecule has 8 heteroatoms. The minimum Gasteiger partial charge on any atom is -0.497 e. The van der Waals surface area contributed by atoms with Gasteiger partial charge in [0.05, 0.1) is 28.9 Å². The van der Waals surface area contributed by atoms with Gasteiger partial charge >= 0.3 is 5.97 Å². The van der Waals surface area contributed by atoms with Crippen LogP contribution >= 0.6 is 11.3 Å². The number of fused-ring (bicyclic) bond motifs is 3. The quantitative estimate of drug-likeness (QED) is 0.295. The zero-order valence-corrected chi connectivity index (χ0v) is 23.8.